The molecule has 0 fully saturated rings. The number of hydrogen-bond donors (Lipinski definition) is 2. The summed E-state index contributed by atoms with van der Waals surface area (Å²) in [7, 11) is 0. The van der Waals surface area contributed by atoms with E-state index < -0.39 is 11.9 Å². The molecule has 0 aliphatic heterocycles. The number of amides is 2. The van der Waals surface area contributed by atoms with Gasteiger partial charge in [0.25, 0.3) is 5.91 Å². The van der Waals surface area contributed by atoms with Crippen molar-refractivity contribution >= 4 is 23.5 Å². The Bertz CT molecular complexity index is 768. The fraction of sp³-hybridized carbons (Fsp3) is 0.316. The Morgan fingerprint density at radius 3 is 2.62 bits per heavy atom. The lowest BCUT2D eigenvalue weighted by Gasteiger charge is -2.10. The lowest BCUT2D eigenvalue weighted by atomic mass is 10.1. The van der Waals surface area contributed by atoms with Gasteiger partial charge in [0.2, 0.25) is 5.91 Å². The zero-order valence-electron chi connectivity index (χ0n) is 14.8. The van der Waals surface area contributed by atoms with Crippen molar-refractivity contribution in [2.45, 2.75) is 33.2 Å². The lowest BCUT2D eigenvalue weighted by Crippen LogP contribution is -2.25. The Balaban J connectivity index is 1.65. The number of hydrogen-bond acceptors (Lipinski definition) is 5. The summed E-state index contributed by atoms with van der Waals surface area (Å²) in [5.74, 6) is -0.689. The molecule has 0 bridgehead atoms. The monoisotopic (exact) mass is 358 g/mol. The minimum atomic E-state index is -0.603. The first-order valence-electron chi connectivity index (χ1n) is 8.26. The second-order valence-corrected chi connectivity index (χ2v) is 5.88. The van der Waals surface area contributed by atoms with Gasteiger partial charge in [0.1, 0.15) is 5.76 Å². The quantitative estimate of drug-likeness (QED) is 0.707. The number of carbonyl (C=O) groups is 3. The van der Waals surface area contributed by atoms with Crippen molar-refractivity contribution < 1.29 is 23.5 Å². The molecule has 2 rings (SSSR count). The predicted octanol–water partition coefficient (Wildman–Crippen LogP) is 2.47. The Kier molecular flexibility index (Phi) is 6.96. The first kappa shape index (κ1) is 19.2. The number of aryl methyl sites for hydroxylation is 2. The van der Waals surface area contributed by atoms with E-state index in [1.54, 1.807) is 12.1 Å². The molecular formula is C19H22N2O5. The standard InChI is InChI=1S/C19H22N2O5/c1-13-5-6-14(2)16(10-13)21-18(23)12-26-19(24)8-7-17(22)20-11-15-4-3-9-25-15/h3-6,9-10H,7-8,11-12H2,1-2H3,(H,20,22)(H,21,23). The zero-order chi connectivity index (χ0) is 18.9. The van der Waals surface area contributed by atoms with E-state index in [1.807, 2.05) is 32.0 Å². The van der Waals surface area contributed by atoms with Gasteiger partial charge in [-0.05, 0) is 43.2 Å². The van der Waals surface area contributed by atoms with E-state index in [1.165, 1.54) is 6.26 Å². The third-order valence-corrected chi connectivity index (χ3v) is 3.63. The molecule has 1 aromatic carbocycles. The zero-order valence-corrected chi connectivity index (χ0v) is 14.8. The predicted molar refractivity (Wildman–Crippen MR) is 95.3 cm³/mol. The van der Waals surface area contributed by atoms with Crippen LogP contribution in [-0.2, 0) is 25.7 Å². The third kappa shape index (κ3) is 6.43. The summed E-state index contributed by atoms with van der Waals surface area (Å²) in [5.41, 5.74) is 2.62. The molecule has 7 heteroatoms. The summed E-state index contributed by atoms with van der Waals surface area (Å²) in [6, 6.07) is 9.16. The van der Waals surface area contributed by atoms with E-state index in [0.29, 0.717) is 11.4 Å². The normalized spacial score (nSPS) is 10.2. The number of anilines is 1. The summed E-state index contributed by atoms with van der Waals surface area (Å²) in [6.07, 6.45) is 1.40. The molecule has 0 atom stereocenters. The molecule has 0 spiro atoms. The molecule has 7 nitrogen and oxygen atoms in total. The van der Waals surface area contributed by atoms with E-state index in [2.05, 4.69) is 10.6 Å². The van der Waals surface area contributed by atoms with Gasteiger partial charge in [-0.2, -0.15) is 0 Å². The van der Waals surface area contributed by atoms with Gasteiger partial charge >= 0.3 is 5.97 Å². The molecular weight excluding hydrogens is 336 g/mol. The molecule has 138 valence electrons. The Hall–Kier alpha value is -3.09. The van der Waals surface area contributed by atoms with Crippen LogP contribution in [0.2, 0.25) is 0 Å². The number of rotatable bonds is 8. The van der Waals surface area contributed by atoms with Gasteiger partial charge in [-0.15, -0.1) is 0 Å². The first-order chi connectivity index (χ1) is 12.4. The van der Waals surface area contributed by atoms with Crippen molar-refractivity contribution in [1.82, 2.24) is 5.32 Å². The Morgan fingerprint density at radius 2 is 1.88 bits per heavy atom. The van der Waals surface area contributed by atoms with Gasteiger partial charge in [-0.1, -0.05) is 12.1 Å². The van der Waals surface area contributed by atoms with Crippen molar-refractivity contribution in [3.05, 3.63) is 53.5 Å². The highest BCUT2D eigenvalue weighted by Gasteiger charge is 2.11. The van der Waals surface area contributed by atoms with Gasteiger partial charge in [0, 0.05) is 12.1 Å². The van der Waals surface area contributed by atoms with Crippen LogP contribution in [0.1, 0.15) is 29.7 Å². The summed E-state index contributed by atoms with van der Waals surface area (Å²) in [4.78, 5) is 35.2. The second-order valence-electron chi connectivity index (χ2n) is 5.88. The van der Waals surface area contributed by atoms with Crippen molar-refractivity contribution in [3.8, 4) is 0 Å². The molecule has 2 N–H and O–H groups in total. The topological polar surface area (TPSA) is 97.6 Å². The van der Waals surface area contributed by atoms with Crippen LogP contribution >= 0.6 is 0 Å². The lowest BCUT2D eigenvalue weighted by molar-refractivity contribution is -0.148. The summed E-state index contributed by atoms with van der Waals surface area (Å²) >= 11 is 0. The first-order valence-corrected chi connectivity index (χ1v) is 8.26. The van der Waals surface area contributed by atoms with Gasteiger partial charge in [0.15, 0.2) is 6.61 Å². The van der Waals surface area contributed by atoms with Gasteiger partial charge in [0.05, 0.1) is 19.2 Å². The van der Waals surface area contributed by atoms with Gasteiger partial charge < -0.3 is 19.8 Å². The molecule has 0 saturated heterocycles. The van der Waals surface area contributed by atoms with Crippen LogP contribution < -0.4 is 10.6 Å². The Labute approximate surface area is 151 Å². The number of carbonyl (C=O) groups excluding carboxylic acids is 3. The number of benzene rings is 1. The minimum Gasteiger partial charge on any atom is -0.467 e. The summed E-state index contributed by atoms with van der Waals surface area (Å²) < 4.78 is 9.99. The van der Waals surface area contributed by atoms with Gasteiger partial charge in [-0.25, -0.2) is 0 Å². The average molecular weight is 358 g/mol. The molecule has 0 aliphatic carbocycles. The van der Waals surface area contributed by atoms with E-state index in [9.17, 15) is 14.4 Å². The van der Waals surface area contributed by atoms with Crippen LogP contribution in [-0.4, -0.2) is 24.4 Å². The van der Waals surface area contributed by atoms with Gasteiger partial charge in [-0.3, -0.25) is 14.4 Å². The molecule has 2 amide bonds. The van der Waals surface area contributed by atoms with Crippen LogP contribution in [0, 0.1) is 13.8 Å². The number of furan rings is 1. The number of nitrogens with one attached hydrogen (secondary N) is 2. The molecule has 2 aromatic rings. The van der Waals surface area contributed by atoms with Crippen LogP contribution in [0.3, 0.4) is 0 Å². The smallest absolute Gasteiger partial charge is 0.306 e. The minimum absolute atomic E-state index is 0.0157. The molecule has 0 aliphatic rings. The highest BCUT2D eigenvalue weighted by molar-refractivity contribution is 5.93. The van der Waals surface area contributed by atoms with E-state index >= 15 is 0 Å². The highest BCUT2D eigenvalue weighted by atomic mass is 16.5. The van der Waals surface area contributed by atoms with Crippen LogP contribution in [0.15, 0.2) is 41.0 Å². The van der Waals surface area contributed by atoms with Crippen molar-refractivity contribution in [3.63, 3.8) is 0 Å². The third-order valence-electron chi connectivity index (χ3n) is 3.63. The van der Waals surface area contributed by atoms with Crippen molar-refractivity contribution in [1.29, 1.82) is 0 Å². The Morgan fingerprint density at radius 1 is 1.08 bits per heavy atom. The summed E-state index contributed by atoms with van der Waals surface area (Å²) in [6.45, 7) is 3.67. The highest BCUT2D eigenvalue weighted by Crippen LogP contribution is 2.16. The second kappa shape index (κ2) is 9.41. The molecule has 1 heterocycles. The average Bonchev–Trinajstić information content (AvgIpc) is 3.13. The van der Waals surface area contributed by atoms with E-state index in [-0.39, 0.29) is 31.9 Å². The molecule has 26 heavy (non-hydrogen) atoms. The SMILES string of the molecule is Cc1ccc(C)c(NC(=O)COC(=O)CCC(=O)NCc2ccco2)c1. The van der Waals surface area contributed by atoms with Crippen LogP contribution in [0.25, 0.3) is 0 Å². The van der Waals surface area contributed by atoms with Crippen LogP contribution in [0.4, 0.5) is 5.69 Å². The largest absolute Gasteiger partial charge is 0.467 e. The molecule has 0 saturated carbocycles. The maximum absolute atomic E-state index is 11.9. The van der Waals surface area contributed by atoms with E-state index in [0.717, 1.165) is 11.1 Å². The van der Waals surface area contributed by atoms with Crippen molar-refractivity contribution in [2.24, 2.45) is 0 Å². The fourth-order valence-corrected chi connectivity index (χ4v) is 2.18. The molecule has 0 unspecified atom stereocenters. The maximum Gasteiger partial charge on any atom is 0.306 e. The fourth-order valence-electron chi connectivity index (χ4n) is 2.18. The molecule has 0 radical (unpaired) electrons. The van der Waals surface area contributed by atoms with Crippen molar-refractivity contribution in [2.75, 3.05) is 11.9 Å². The summed E-state index contributed by atoms with van der Waals surface area (Å²) in [5, 5.41) is 5.33. The molecule has 1 aromatic heterocycles. The number of ether oxygens (including phenoxy) is 1. The number of esters is 1. The van der Waals surface area contributed by atoms with Crippen LogP contribution in [0.5, 0.6) is 0 Å². The maximum atomic E-state index is 11.9. The van der Waals surface area contributed by atoms with E-state index in [4.69, 9.17) is 9.15 Å².